The van der Waals surface area contributed by atoms with E-state index in [1.54, 1.807) is 0 Å². The molecular weight excluding hydrogens is 241 g/mol. The average Bonchev–Trinajstić information content (AvgIpc) is 2.29. The fourth-order valence-electron chi connectivity index (χ4n) is 2.53. The first-order chi connectivity index (χ1) is 8.34. The normalized spacial score (nSPS) is 27.5. The van der Waals surface area contributed by atoms with Crippen molar-refractivity contribution in [2.45, 2.75) is 51.7 Å². The third kappa shape index (κ3) is 4.76. The molecule has 1 rings (SSSR count). The molecule has 1 saturated carbocycles. The van der Waals surface area contributed by atoms with Crippen molar-refractivity contribution in [3.8, 4) is 0 Å². The SMILES string of the molecule is CC(C)C(CN)CNC1CCC(C(F)(F)F)CC1. The van der Waals surface area contributed by atoms with Crippen LogP contribution in [-0.4, -0.2) is 25.3 Å². The summed E-state index contributed by atoms with van der Waals surface area (Å²) in [5, 5.41) is 3.38. The number of rotatable bonds is 5. The van der Waals surface area contributed by atoms with Gasteiger partial charge in [0.2, 0.25) is 0 Å². The van der Waals surface area contributed by atoms with Crippen LogP contribution in [0.2, 0.25) is 0 Å². The molecule has 0 aromatic heterocycles. The van der Waals surface area contributed by atoms with Gasteiger partial charge in [-0.25, -0.2) is 0 Å². The van der Waals surface area contributed by atoms with E-state index in [9.17, 15) is 13.2 Å². The Morgan fingerprint density at radius 2 is 1.72 bits per heavy atom. The van der Waals surface area contributed by atoms with E-state index in [2.05, 4.69) is 19.2 Å². The van der Waals surface area contributed by atoms with Gasteiger partial charge in [0, 0.05) is 6.04 Å². The summed E-state index contributed by atoms with van der Waals surface area (Å²) in [7, 11) is 0. The molecular formula is C13H25F3N2. The highest BCUT2D eigenvalue weighted by Crippen LogP contribution is 2.37. The van der Waals surface area contributed by atoms with Crippen molar-refractivity contribution in [3.63, 3.8) is 0 Å². The summed E-state index contributed by atoms with van der Waals surface area (Å²) in [5.74, 6) is -0.176. The zero-order valence-electron chi connectivity index (χ0n) is 11.3. The van der Waals surface area contributed by atoms with E-state index in [4.69, 9.17) is 5.73 Å². The number of alkyl halides is 3. The molecule has 0 bridgehead atoms. The largest absolute Gasteiger partial charge is 0.391 e. The molecule has 1 atom stereocenters. The Hall–Kier alpha value is -0.290. The van der Waals surface area contributed by atoms with Crippen molar-refractivity contribution in [1.82, 2.24) is 5.32 Å². The first-order valence-electron chi connectivity index (χ1n) is 6.84. The second-order valence-corrected chi connectivity index (χ2v) is 5.74. The lowest BCUT2D eigenvalue weighted by Gasteiger charge is -2.31. The lowest BCUT2D eigenvalue weighted by atomic mass is 9.85. The minimum absolute atomic E-state index is 0.233. The van der Waals surface area contributed by atoms with E-state index in [1.165, 1.54) is 0 Å². The van der Waals surface area contributed by atoms with Crippen molar-refractivity contribution >= 4 is 0 Å². The third-order valence-electron chi connectivity index (χ3n) is 4.10. The van der Waals surface area contributed by atoms with E-state index >= 15 is 0 Å². The fraction of sp³-hybridized carbons (Fsp3) is 1.00. The molecule has 0 aromatic rings. The Morgan fingerprint density at radius 1 is 1.17 bits per heavy atom. The van der Waals surface area contributed by atoms with Crippen LogP contribution in [-0.2, 0) is 0 Å². The molecule has 1 fully saturated rings. The van der Waals surface area contributed by atoms with E-state index in [0.29, 0.717) is 31.2 Å². The molecule has 5 heteroatoms. The van der Waals surface area contributed by atoms with Crippen LogP contribution < -0.4 is 11.1 Å². The van der Waals surface area contributed by atoms with Gasteiger partial charge in [0.25, 0.3) is 0 Å². The van der Waals surface area contributed by atoms with Crippen molar-refractivity contribution in [3.05, 3.63) is 0 Å². The first kappa shape index (κ1) is 15.8. The van der Waals surface area contributed by atoms with E-state index in [-0.39, 0.29) is 18.9 Å². The maximum Gasteiger partial charge on any atom is 0.391 e. The monoisotopic (exact) mass is 266 g/mol. The van der Waals surface area contributed by atoms with Gasteiger partial charge in [-0.05, 0) is 50.6 Å². The standard InChI is InChI=1S/C13H25F3N2/c1-9(2)10(7-17)8-18-12-5-3-11(4-6-12)13(14,15)16/h9-12,18H,3-8,17H2,1-2H3. The summed E-state index contributed by atoms with van der Waals surface area (Å²) < 4.78 is 37.5. The van der Waals surface area contributed by atoms with E-state index in [0.717, 1.165) is 6.54 Å². The second-order valence-electron chi connectivity index (χ2n) is 5.74. The summed E-state index contributed by atoms with van der Waals surface area (Å²) >= 11 is 0. The maximum atomic E-state index is 12.5. The van der Waals surface area contributed by atoms with Gasteiger partial charge in [-0.15, -0.1) is 0 Å². The molecule has 0 amide bonds. The molecule has 108 valence electrons. The highest BCUT2D eigenvalue weighted by atomic mass is 19.4. The minimum atomic E-state index is -4.01. The molecule has 0 aromatic carbocycles. The van der Waals surface area contributed by atoms with Crippen LogP contribution in [0.15, 0.2) is 0 Å². The highest BCUT2D eigenvalue weighted by Gasteiger charge is 2.41. The predicted molar refractivity (Wildman–Crippen MR) is 67.2 cm³/mol. The van der Waals surface area contributed by atoms with Crippen LogP contribution in [0.5, 0.6) is 0 Å². The topological polar surface area (TPSA) is 38.0 Å². The Bertz CT molecular complexity index is 233. The average molecular weight is 266 g/mol. The van der Waals surface area contributed by atoms with Gasteiger partial charge in [0.1, 0.15) is 0 Å². The van der Waals surface area contributed by atoms with Crippen LogP contribution >= 0.6 is 0 Å². The van der Waals surface area contributed by atoms with Crippen LogP contribution in [0.3, 0.4) is 0 Å². The first-order valence-corrected chi connectivity index (χ1v) is 6.84. The molecule has 0 spiro atoms. The Kier molecular flexibility index (Phi) is 5.92. The third-order valence-corrected chi connectivity index (χ3v) is 4.10. The number of hydrogen-bond acceptors (Lipinski definition) is 2. The van der Waals surface area contributed by atoms with Crippen LogP contribution in [0.1, 0.15) is 39.5 Å². The zero-order valence-corrected chi connectivity index (χ0v) is 11.3. The van der Waals surface area contributed by atoms with Gasteiger partial charge >= 0.3 is 6.18 Å². The molecule has 1 aliphatic carbocycles. The second kappa shape index (κ2) is 6.75. The van der Waals surface area contributed by atoms with Gasteiger partial charge in [0.15, 0.2) is 0 Å². The Labute approximate surface area is 107 Å². The summed E-state index contributed by atoms with van der Waals surface area (Å²) in [6, 6.07) is 0.233. The predicted octanol–water partition coefficient (Wildman–Crippen LogP) is 2.93. The highest BCUT2D eigenvalue weighted by molar-refractivity contribution is 4.81. The van der Waals surface area contributed by atoms with Crippen molar-refractivity contribution in [1.29, 1.82) is 0 Å². The van der Waals surface area contributed by atoms with E-state index in [1.807, 2.05) is 0 Å². The van der Waals surface area contributed by atoms with Crippen LogP contribution in [0.4, 0.5) is 13.2 Å². The summed E-state index contributed by atoms with van der Waals surface area (Å²) in [6.07, 6.45) is -2.24. The van der Waals surface area contributed by atoms with Gasteiger partial charge in [-0.1, -0.05) is 13.8 Å². The smallest absolute Gasteiger partial charge is 0.330 e. The lowest BCUT2D eigenvalue weighted by molar-refractivity contribution is -0.182. The molecule has 3 N–H and O–H groups in total. The molecule has 0 saturated heterocycles. The quantitative estimate of drug-likeness (QED) is 0.803. The summed E-state index contributed by atoms with van der Waals surface area (Å²) in [5.41, 5.74) is 5.68. The van der Waals surface area contributed by atoms with Gasteiger partial charge in [-0.3, -0.25) is 0 Å². The number of nitrogens with one attached hydrogen (secondary N) is 1. The van der Waals surface area contributed by atoms with Crippen LogP contribution in [0.25, 0.3) is 0 Å². The van der Waals surface area contributed by atoms with Gasteiger partial charge < -0.3 is 11.1 Å². The summed E-state index contributed by atoms with van der Waals surface area (Å²) in [4.78, 5) is 0. The minimum Gasteiger partial charge on any atom is -0.330 e. The lowest BCUT2D eigenvalue weighted by Crippen LogP contribution is -2.41. The number of halogens is 3. The Morgan fingerprint density at radius 3 is 2.11 bits per heavy atom. The molecule has 0 aliphatic heterocycles. The molecule has 1 aliphatic rings. The van der Waals surface area contributed by atoms with E-state index < -0.39 is 12.1 Å². The molecule has 1 unspecified atom stereocenters. The van der Waals surface area contributed by atoms with Crippen molar-refractivity contribution < 1.29 is 13.2 Å². The fourth-order valence-corrected chi connectivity index (χ4v) is 2.53. The van der Waals surface area contributed by atoms with Gasteiger partial charge in [-0.2, -0.15) is 13.2 Å². The zero-order chi connectivity index (χ0) is 13.8. The van der Waals surface area contributed by atoms with Gasteiger partial charge in [0.05, 0.1) is 5.92 Å². The molecule has 0 radical (unpaired) electrons. The molecule has 2 nitrogen and oxygen atoms in total. The summed E-state index contributed by atoms with van der Waals surface area (Å²) in [6.45, 7) is 5.69. The van der Waals surface area contributed by atoms with Crippen LogP contribution in [0, 0.1) is 17.8 Å². The van der Waals surface area contributed by atoms with Crippen molar-refractivity contribution in [2.24, 2.45) is 23.5 Å². The maximum absolute atomic E-state index is 12.5. The number of nitrogens with two attached hydrogens (primary N) is 1. The van der Waals surface area contributed by atoms with Crippen molar-refractivity contribution in [2.75, 3.05) is 13.1 Å². The molecule has 0 heterocycles. The molecule has 18 heavy (non-hydrogen) atoms. The number of hydrogen-bond donors (Lipinski definition) is 2. The Balaban J connectivity index is 2.27.